The van der Waals surface area contributed by atoms with E-state index in [9.17, 15) is 8.42 Å². The van der Waals surface area contributed by atoms with E-state index in [-0.39, 0.29) is 26.3 Å². The fourth-order valence-electron chi connectivity index (χ4n) is 2.45. The monoisotopic (exact) mass is 300 g/mol. The third-order valence-corrected chi connectivity index (χ3v) is 5.40. The molecule has 0 spiro atoms. The zero-order valence-electron chi connectivity index (χ0n) is 11.2. The summed E-state index contributed by atoms with van der Waals surface area (Å²) in [5, 5.41) is 21.2. The summed E-state index contributed by atoms with van der Waals surface area (Å²) in [5.41, 5.74) is 1.83. The molecular formula is C13H20N2O4S. The molecule has 0 fully saturated rings. The highest BCUT2D eigenvalue weighted by molar-refractivity contribution is 7.89. The maximum Gasteiger partial charge on any atom is 0.243 e. The molecular weight excluding hydrogens is 280 g/mol. The molecule has 2 rings (SSSR count). The molecule has 1 aromatic carbocycles. The Balaban J connectivity index is 2.42. The van der Waals surface area contributed by atoms with Crippen molar-refractivity contribution in [2.75, 3.05) is 32.8 Å². The first-order valence-corrected chi connectivity index (χ1v) is 8.08. The van der Waals surface area contributed by atoms with Crippen molar-refractivity contribution in [1.29, 1.82) is 0 Å². The molecule has 0 saturated heterocycles. The Morgan fingerprint density at radius 1 is 1.20 bits per heavy atom. The molecule has 0 radical (unpaired) electrons. The van der Waals surface area contributed by atoms with Gasteiger partial charge in [0.2, 0.25) is 10.0 Å². The summed E-state index contributed by atoms with van der Waals surface area (Å²) in [6, 6.07) is 5.25. The van der Waals surface area contributed by atoms with Crippen molar-refractivity contribution < 1.29 is 18.6 Å². The first-order chi connectivity index (χ1) is 9.61. The van der Waals surface area contributed by atoms with Gasteiger partial charge in [0.25, 0.3) is 0 Å². The van der Waals surface area contributed by atoms with Gasteiger partial charge in [0.1, 0.15) is 0 Å². The van der Waals surface area contributed by atoms with Crippen LogP contribution < -0.4 is 5.32 Å². The van der Waals surface area contributed by atoms with Crippen LogP contribution in [0.25, 0.3) is 0 Å². The molecule has 0 atom stereocenters. The Bertz CT molecular complexity index is 553. The van der Waals surface area contributed by atoms with Crippen molar-refractivity contribution in [2.24, 2.45) is 0 Å². The van der Waals surface area contributed by atoms with Crippen LogP contribution in [0, 0.1) is 0 Å². The van der Waals surface area contributed by atoms with E-state index in [1.165, 1.54) is 0 Å². The van der Waals surface area contributed by atoms with Gasteiger partial charge in [-0.05, 0) is 30.2 Å². The lowest BCUT2D eigenvalue weighted by Crippen LogP contribution is -2.37. The largest absolute Gasteiger partial charge is 0.395 e. The van der Waals surface area contributed by atoms with Gasteiger partial charge >= 0.3 is 0 Å². The van der Waals surface area contributed by atoms with E-state index in [4.69, 9.17) is 10.2 Å². The Labute approximate surface area is 119 Å². The quantitative estimate of drug-likeness (QED) is 0.647. The predicted octanol–water partition coefficient (Wildman–Crippen LogP) is -0.692. The van der Waals surface area contributed by atoms with Crippen LogP contribution in [-0.2, 0) is 23.0 Å². The van der Waals surface area contributed by atoms with Crippen molar-refractivity contribution in [3.8, 4) is 0 Å². The van der Waals surface area contributed by atoms with Crippen molar-refractivity contribution in [3.05, 3.63) is 29.3 Å². The second-order valence-corrected chi connectivity index (χ2v) is 6.58. The van der Waals surface area contributed by atoms with E-state index >= 15 is 0 Å². The second-order valence-electron chi connectivity index (χ2n) is 4.67. The maximum absolute atomic E-state index is 12.7. The van der Waals surface area contributed by atoms with E-state index in [0.717, 1.165) is 22.0 Å². The second kappa shape index (κ2) is 6.64. The number of rotatable bonds is 6. The lowest BCUT2D eigenvalue weighted by molar-refractivity contribution is 0.217. The van der Waals surface area contributed by atoms with Crippen molar-refractivity contribution in [3.63, 3.8) is 0 Å². The van der Waals surface area contributed by atoms with Crippen molar-refractivity contribution >= 4 is 10.0 Å². The first kappa shape index (κ1) is 15.4. The zero-order valence-corrected chi connectivity index (χ0v) is 12.1. The fraction of sp³-hybridized carbons (Fsp3) is 0.538. The number of nitrogens with zero attached hydrogens (tertiary/aromatic N) is 1. The number of sulfonamides is 1. The SMILES string of the molecule is O=S(=O)(c1cccc2c1CCNC2)N(CCO)CCO. The minimum Gasteiger partial charge on any atom is -0.395 e. The molecule has 1 heterocycles. The van der Waals surface area contributed by atoms with Crippen LogP contribution in [0.1, 0.15) is 11.1 Å². The molecule has 1 aromatic rings. The van der Waals surface area contributed by atoms with Crippen LogP contribution in [-0.4, -0.2) is 55.8 Å². The van der Waals surface area contributed by atoms with Gasteiger partial charge in [0.15, 0.2) is 0 Å². The highest BCUT2D eigenvalue weighted by Crippen LogP contribution is 2.25. The average Bonchev–Trinajstić information content (AvgIpc) is 2.46. The topological polar surface area (TPSA) is 89.9 Å². The van der Waals surface area contributed by atoms with E-state index in [0.29, 0.717) is 17.9 Å². The van der Waals surface area contributed by atoms with Crippen LogP contribution in [0.2, 0.25) is 0 Å². The Morgan fingerprint density at radius 3 is 2.55 bits per heavy atom. The predicted molar refractivity (Wildman–Crippen MR) is 74.8 cm³/mol. The van der Waals surface area contributed by atoms with Crippen molar-refractivity contribution in [1.82, 2.24) is 9.62 Å². The molecule has 0 amide bonds. The number of aliphatic hydroxyl groups excluding tert-OH is 2. The molecule has 0 saturated carbocycles. The Hall–Kier alpha value is -0.990. The van der Waals surface area contributed by atoms with E-state index in [1.807, 2.05) is 6.07 Å². The molecule has 7 heteroatoms. The van der Waals surface area contributed by atoms with E-state index in [1.54, 1.807) is 12.1 Å². The summed E-state index contributed by atoms with van der Waals surface area (Å²) in [4.78, 5) is 0.290. The molecule has 1 aliphatic rings. The molecule has 6 nitrogen and oxygen atoms in total. The molecule has 0 unspecified atom stereocenters. The molecule has 20 heavy (non-hydrogen) atoms. The molecule has 0 aromatic heterocycles. The molecule has 0 bridgehead atoms. The number of benzene rings is 1. The smallest absolute Gasteiger partial charge is 0.243 e. The summed E-state index contributed by atoms with van der Waals surface area (Å²) in [6.45, 7) is 0.861. The van der Waals surface area contributed by atoms with Gasteiger partial charge < -0.3 is 15.5 Å². The van der Waals surface area contributed by atoms with Gasteiger partial charge in [0.05, 0.1) is 18.1 Å². The highest BCUT2D eigenvalue weighted by atomic mass is 32.2. The van der Waals surface area contributed by atoms with Gasteiger partial charge in [-0.15, -0.1) is 0 Å². The van der Waals surface area contributed by atoms with Crippen LogP contribution in [0.3, 0.4) is 0 Å². The number of hydrogen-bond acceptors (Lipinski definition) is 5. The van der Waals surface area contributed by atoms with Crippen LogP contribution >= 0.6 is 0 Å². The van der Waals surface area contributed by atoms with Gasteiger partial charge in [-0.25, -0.2) is 8.42 Å². The lowest BCUT2D eigenvalue weighted by atomic mass is 10.0. The van der Waals surface area contributed by atoms with Gasteiger partial charge in [-0.2, -0.15) is 4.31 Å². The van der Waals surface area contributed by atoms with Crippen LogP contribution in [0.4, 0.5) is 0 Å². The van der Waals surface area contributed by atoms with Gasteiger partial charge in [-0.3, -0.25) is 0 Å². The molecule has 112 valence electrons. The van der Waals surface area contributed by atoms with Gasteiger partial charge in [-0.1, -0.05) is 12.1 Å². The lowest BCUT2D eigenvalue weighted by Gasteiger charge is -2.25. The van der Waals surface area contributed by atoms with Crippen LogP contribution in [0.5, 0.6) is 0 Å². The average molecular weight is 300 g/mol. The normalized spacial score (nSPS) is 15.3. The minimum atomic E-state index is -3.68. The third-order valence-electron chi connectivity index (χ3n) is 3.41. The summed E-state index contributed by atoms with van der Waals surface area (Å²) < 4.78 is 26.5. The molecule has 0 aliphatic carbocycles. The minimum absolute atomic E-state index is 0.00912. The maximum atomic E-state index is 12.7. The van der Waals surface area contributed by atoms with E-state index < -0.39 is 10.0 Å². The molecule has 3 N–H and O–H groups in total. The summed E-state index contributed by atoms with van der Waals surface area (Å²) in [7, 11) is -3.68. The zero-order chi connectivity index (χ0) is 14.6. The Morgan fingerprint density at radius 2 is 1.90 bits per heavy atom. The molecule has 1 aliphatic heterocycles. The Kier molecular flexibility index (Phi) is 5.11. The summed E-state index contributed by atoms with van der Waals surface area (Å²) in [6.07, 6.45) is 0.664. The standard InChI is InChI=1S/C13H20N2O4S/c16-8-6-15(7-9-17)20(18,19)13-3-1-2-11-10-14-5-4-12(11)13/h1-3,14,16-17H,4-10H2. The van der Waals surface area contributed by atoms with E-state index in [2.05, 4.69) is 5.32 Å². The van der Waals surface area contributed by atoms with Crippen LogP contribution in [0.15, 0.2) is 23.1 Å². The van der Waals surface area contributed by atoms with Gasteiger partial charge in [0, 0.05) is 19.6 Å². The summed E-state index contributed by atoms with van der Waals surface area (Å²) in [5.74, 6) is 0. The highest BCUT2D eigenvalue weighted by Gasteiger charge is 2.27. The van der Waals surface area contributed by atoms with Crippen molar-refractivity contribution in [2.45, 2.75) is 17.9 Å². The first-order valence-electron chi connectivity index (χ1n) is 6.64. The fourth-order valence-corrected chi connectivity index (χ4v) is 4.17. The number of fused-ring (bicyclic) bond motifs is 1. The number of nitrogens with one attached hydrogen (secondary N) is 1. The number of aliphatic hydroxyl groups is 2. The third kappa shape index (κ3) is 3.02. The summed E-state index contributed by atoms with van der Waals surface area (Å²) >= 11 is 0. The number of hydrogen-bond donors (Lipinski definition) is 3.